The predicted octanol–water partition coefficient (Wildman–Crippen LogP) is 3.35. The highest BCUT2D eigenvalue weighted by Gasteiger charge is 2.36. The molecule has 3 aromatic rings. The van der Waals surface area contributed by atoms with Gasteiger partial charge in [-0.15, -0.1) is 0 Å². The molecular weight excluding hydrogens is 492 g/mol. The van der Waals surface area contributed by atoms with E-state index in [-0.39, 0.29) is 38.4 Å². The number of aryl methyl sites for hydroxylation is 1. The first kappa shape index (κ1) is 27.5. The maximum absolute atomic E-state index is 13.8. The number of hydrogen-bond acceptors (Lipinski definition) is 5. The minimum absolute atomic E-state index is 0.0192. The number of carbonyl (C=O) groups is 2. The molecule has 0 spiro atoms. The number of rotatable bonds is 12. The van der Waals surface area contributed by atoms with Crippen molar-refractivity contribution in [2.45, 2.75) is 51.4 Å². The van der Waals surface area contributed by atoms with Gasteiger partial charge >= 0.3 is 0 Å². The van der Waals surface area contributed by atoms with Gasteiger partial charge in [0.05, 0.1) is 30.9 Å². The predicted molar refractivity (Wildman–Crippen MR) is 138 cm³/mol. The van der Waals surface area contributed by atoms with E-state index in [1.165, 1.54) is 24.0 Å². The van der Waals surface area contributed by atoms with Gasteiger partial charge in [0.25, 0.3) is 0 Å². The molecule has 0 radical (unpaired) electrons. The number of aliphatic hydroxyl groups excluding tert-OH is 1. The summed E-state index contributed by atoms with van der Waals surface area (Å²) in [7, 11) is 0. The quantitative estimate of drug-likeness (QED) is 0.337. The molecule has 2 aromatic carbocycles. The summed E-state index contributed by atoms with van der Waals surface area (Å²) in [6.45, 7) is 3.22. The Morgan fingerprint density at radius 2 is 1.87 bits per heavy atom. The summed E-state index contributed by atoms with van der Waals surface area (Å²) in [5.41, 5.74) is 2.57. The number of hydrogen-bond donors (Lipinski definition) is 3. The lowest BCUT2D eigenvalue weighted by molar-refractivity contribution is -0.129. The highest BCUT2D eigenvalue weighted by atomic mass is 19.1. The Morgan fingerprint density at radius 3 is 2.58 bits per heavy atom. The van der Waals surface area contributed by atoms with Crippen LogP contribution in [0.25, 0.3) is 0 Å². The molecule has 1 fully saturated rings. The van der Waals surface area contributed by atoms with Crippen LogP contribution in [0.15, 0.2) is 65.3 Å². The third-order valence-electron chi connectivity index (χ3n) is 6.76. The van der Waals surface area contributed by atoms with Crippen LogP contribution in [0.5, 0.6) is 0 Å². The molecule has 0 saturated carbocycles. The second kappa shape index (κ2) is 12.8. The van der Waals surface area contributed by atoms with Crippen LogP contribution in [0.4, 0.5) is 8.78 Å². The van der Waals surface area contributed by atoms with Gasteiger partial charge in [0.15, 0.2) is 0 Å². The molecule has 9 heteroatoms. The Bertz CT molecular complexity index is 1210. The summed E-state index contributed by atoms with van der Waals surface area (Å²) >= 11 is 0. The fourth-order valence-electron chi connectivity index (χ4n) is 4.72. The molecule has 2 heterocycles. The van der Waals surface area contributed by atoms with Gasteiger partial charge in [-0.2, -0.15) is 0 Å². The Hall–Kier alpha value is -3.56. The van der Waals surface area contributed by atoms with Gasteiger partial charge in [0.2, 0.25) is 11.8 Å². The number of benzene rings is 2. The van der Waals surface area contributed by atoms with Gasteiger partial charge < -0.3 is 25.1 Å². The number of nitrogens with zero attached hydrogens (tertiary/aromatic N) is 1. The summed E-state index contributed by atoms with van der Waals surface area (Å²) in [4.78, 5) is 27.2. The van der Waals surface area contributed by atoms with Crippen molar-refractivity contribution in [1.82, 2.24) is 15.5 Å². The number of aliphatic hydroxyl groups is 1. The summed E-state index contributed by atoms with van der Waals surface area (Å²) in [6, 6.07) is 13.9. The van der Waals surface area contributed by atoms with Crippen LogP contribution in [0.2, 0.25) is 0 Å². The topological polar surface area (TPSA) is 94.8 Å². The molecule has 7 nitrogen and oxygen atoms in total. The average Bonchev–Trinajstić information content (AvgIpc) is 3.53. The highest BCUT2D eigenvalue weighted by molar-refractivity contribution is 5.89. The lowest BCUT2D eigenvalue weighted by Gasteiger charge is -2.26. The standard InChI is InChI=1S/C29H33F2N3O4/c1-2-19-5-3-6-20(9-19)15-32-16-27(35)26(12-21-10-23(30)14-24(31)11-21)33-29(37)22-13-28(36)34(17-22)18-25-7-4-8-38-25/h3-11,14,22,26-27,32,35H,2,12-13,15-18H2,1H3,(H,33,37)/t22?,26-,27-/m1/s1. The van der Waals surface area contributed by atoms with Crippen molar-refractivity contribution >= 4 is 11.8 Å². The number of halogens is 2. The van der Waals surface area contributed by atoms with Crippen molar-refractivity contribution in [3.05, 3.63) is 94.9 Å². The lowest BCUT2D eigenvalue weighted by atomic mass is 9.99. The van der Waals surface area contributed by atoms with E-state index in [9.17, 15) is 23.5 Å². The van der Waals surface area contributed by atoms with Crippen LogP contribution in [0.3, 0.4) is 0 Å². The normalized spacial score (nSPS) is 17.0. The molecule has 2 amide bonds. The van der Waals surface area contributed by atoms with Crippen LogP contribution in [-0.2, 0) is 35.5 Å². The second-order valence-corrected chi connectivity index (χ2v) is 9.72. The van der Waals surface area contributed by atoms with Crippen LogP contribution in [0, 0.1) is 17.6 Å². The number of likely N-dealkylation sites (tertiary alicyclic amines) is 1. The van der Waals surface area contributed by atoms with E-state index in [4.69, 9.17) is 4.42 Å². The first-order valence-electron chi connectivity index (χ1n) is 12.8. The van der Waals surface area contributed by atoms with E-state index in [0.29, 0.717) is 17.9 Å². The molecule has 3 N–H and O–H groups in total. The minimum Gasteiger partial charge on any atom is -0.467 e. The molecule has 1 aromatic heterocycles. The molecule has 0 aliphatic carbocycles. The molecular formula is C29H33F2N3O4. The fourth-order valence-corrected chi connectivity index (χ4v) is 4.72. The molecule has 3 atom stereocenters. The summed E-state index contributed by atoms with van der Waals surface area (Å²) in [5.74, 6) is -2.01. The third-order valence-corrected chi connectivity index (χ3v) is 6.76. The van der Waals surface area contributed by atoms with Crippen molar-refractivity contribution < 1.29 is 27.9 Å². The Kier molecular flexibility index (Phi) is 9.25. The van der Waals surface area contributed by atoms with Gasteiger partial charge in [0, 0.05) is 32.1 Å². The monoisotopic (exact) mass is 525 g/mol. The zero-order valence-electron chi connectivity index (χ0n) is 21.3. The van der Waals surface area contributed by atoms with Gasteiger partial charge in [-0.05, 0) is 53.8 Å². The number of carbonyl (C=O) groups excluding carboxylic acids is 2. The second-order valence-electron chi connectivity index (χ2n) is 9.72. The largest absolute Gasteiger partial charge is 0.467 e. The summed E-state index contributed by atoms with van der Waals surface area (Å²) in [6.07, 6.45) is 1.45. The highest BCUT2D eigenvalue weighted by Crippen LogP contribution is 2.21. The number of furan rings is 1. The first-order chi connectivity index (χ1) is 18.3. The summed E-state index contributed by atoms with van der Waals surface area (Å²) < 4.78 is 33.0. The van der Waals surface area contributed by atoms with Crippen LogP contribution >= 0.6 is 0 Å². The van der Waals surface area contributed by atoms with E-state index >= 15 is 0 Å². The van der Waals surface area contributed by atoms with E-state index in [1.807, 2.05) is 18.2 Å². The SMILES string of the molecule is CCc1cccc(CNC[C@@H](O)[C@@H](Cc2cc(F)cc(F)c2)NC(=O)C2CC(=O)N(Cc3ccco3)C2)c1. The van der Waals surface area contributed by atoms with Crippen LogP contribution < -0.4 is 10.6 Å². The number of nitrogens with one attached hydrogen (secondary N) is 2. The molecule has 1 aliphatic heterocycles. The zero-order valence-corrected chi connectivity index (χ0v) is 21.3. The zero-order chi connectivity index (χ0) is 27.1. The van der Waals surface area contributed by atoms with Gasteiger partial charge in [-0.3, -0.25) is 9.59 Å². The van der Waals surface area contributed by atoms with Crippen molar-refractivity contribution in [2.24, 2.45) is 5.92 Å². The van der Waals surface area contributed by atoms with E-state index in [0.717, 1.165) is 18.1 Å². The van der Waals surface area contributed by atoms with Gasteiger partial charge in [-0.25, -0.2) is 8.78 Å². The van der Waals surface area contributed by atoms with Crippen molar-refractivity contribution in [1.29, 1.82) is 0 Å². The molecule has 202 valence electrons. The van der Waals surface area contributed by atoms with Crippen molar-refractivity contribution in [2.75, 3.05) is 13.1 Å². The molecule has 1 aliphatic rings. The van der Waals surface area contributed by atoms with Gasteiger partial charge in [0.1, 0.15) is 17.4 Å². The minimum atomic E-state index is -1.05. The Morgan fingerprint density at radius 1 is 1.11 bits per heavy atom. The smallest absolute Gasteiger partial charge is 0.225 e. The fraction of sp³-hybridized carbons (Fsp3) is 0.379. The Balaban J connectivity index is 1.40. The molecule has 0 bridgehead atoms. The molecule has 1 unspecified atom stereocenters. The van der Waals surface area contributed by atoms with Crippen molar-refractivity contribution in [3.8, 4) is 0 Å². The first-order valence-corrected chi connectivity index (χ1v) is 12.8. The van der Waals surface area contributed by atoms with Crippen LogP contribution in [0.1, 0.15) is 35.8 Å². The van der Waals surface area contributed by atoms with Crippen molar-refractivity contribution in [3.63, 3.8) is 0 Å². The van der Waals surface area contributed by atoms with Gasteiger partial charge in [-0.1, -0.05) is 31.2 Å². The Labute approximate surface area is 220 Å². The molecule has 1 saturated heterocycles. The van der Waals surface area contributed by atoms with E-state index in [2.05, 4.69) is 23.6 Å². The molecule has 4 rings (SSSR count). The molecule has 38 heavy (non-hydrogen) atoms. The average molecular weight is 526 g/mol. The maximum Gasteiger partial charge on any atom is 0.225 e. The van der Waals surface area contributed by atoms with Crippen LogP contribution in [-0.4, -0.2) is 47.1 Å². The summed E-state index contributed by atoms with van der Waals surface area (Å²) in [5, 5.41) is 17.0. The maximum atomic E-state index is 13.8. The number of amides is 2. The van der Waals surface area contributed by atoms with E-state index in [1.54, 1.807) is 17.0 Å². The lowest BCUT2D eigenvalue weighted by Crippen LogP contribution is -2.50. The van der Waals surface area contributed by atoms with E-state index < -0.39 is 35.6 Å². The third kappa shape index (κ3) is 7.49.